The van der Waals surface area contributed by atoms with E-state index >= 15 is 0 Å². The number of hydrogen-bond acceptors (Lipinski definition) is 5. The van der Waals surface area contributed by atoms with Crippen LogP contribution in [0.3, 0.4) is 0 Å². The third-order valence-electron chi connectivity index (χ3n) is 3.38. The van der Waals surface area contributed by atoms with E-state index in [9.17, 15) is 0 Å². The summed E-state index contributed by atoms with van der Waals surface area (Å²) in [6, 6.07) is 0.137. The molecule has 2 rings (SSSR count). The SMILES string of the molecule is CCc1cnc(CNCC2(C)COCC2N)s1. The van der Waals surface area contributed by atoms with Gasteiger partial charge in [-0.1, -0.05) is 13.8 Å². The molecule has 2 heterocycles. The number of nitrogens with two attached hydrogens (primary N) is 1. The number of aryl methyl sites for hydroxylation is 1. The van der Waals surface area contributed by atoms with Gasteiger partial charge >= 0.3 is 0 Å². The largest absolute Gasteiger partial charge is 0.379 e. The van der Waals surface area contributed by atoms with Crippen LogP contribution in [0.4, 0.5) is 0 Å². The van der Waals surface area contributed by atoms with E-state index in [1.54, 1.807) is 11.3 Å². The number of thiazole rings is 1. The fourth-order valence-electron chi connectivity index (χ4n) is 1.96. The van der Waals surface area contributed by atoms with Gasteiger partial charge in [-0.05, 0) is 6.42 Å². The number of ether oxygens (including phenoxy) is 1. The summed E-state index contributed by atoms with van der Waals surface area (Å²) in [4.78, 5) is 5.73. The smallest absolute Gasteiger partial charge is 0.107 e. The van der Waals surface area contributed by atoms with Crippen molar-refractivity contribution in [2.45, 2.75) is 32.9 Å². The number of aromatic nitrogens is 1. The summed E-state index contributed by atoms with van der Waals surface area (Å²) in [7, 11) is 0. The lowest BCUT2D eigenvalue weighted by Crippen LogP contribution is -2.45. The fraction of sp³-hybridized carbons (Fsp3) is 0.750. The Balaban J connectivity index is 1.79. The molecule has 0 bridgehead atoms. The monoisotopic (exact) mass is 255 g/mol. The number of hydrogen-bond donors (Lipinski definition) is 2. The zero-order valence-electron chi connectivity index (χ0n) is 10.5. The number of rotatable bonds is 5. The maximum absolute atomic E-state index is 6.04. The molecular formula is C12H21N3OS. The van der Waals surface area contributed by atoms with Crippen molar-refractivity contribution in [3.8, 4) is 0 Å². The van der Waals surface area contributed by atoms with Crippen LogP contribution >= 0.6 is 11.3 Å². The molecule has 2 atom stereocenters. The molecule has 3 N–H and O–H groups in total. The zero-order chi connectivity index (χ0) is 12.3. The normalized spacial score (nSPS) is 28.8. The van der Waals surface area contributed by atoms with Crippen LogP contribution in [0.1, 0.15) is 23.7 Å². The van der Waals surface area contributed by atoms with Gasteiger partial charge in [0.15, 0.2) is 0 Å². The molecule has 0 aromatic carbocycles. The number of nitrogens with zero attached hydrogens (tertiary/aromatic N) is 1. The maximum atomic E-state index is 6.04. The second-order valence-electron chi connectivity index (χ2n) is 4.95. The molecule has 17 heavy (non-hydrogen) atoms. The average molecular weight is 255 g/mol. The van der Waals surface area contributed by atoms with Gasteiger partial charge in [0.25, 0.3) is 0 Å². The Kier molecular flexibility index (Phi) is 4.14. The molecule has 0 aliphatic carbocycles. The van der Waals surface area contributed by atoms with Crippen LogP contribution in [-0.4, -0.2) is 30.8 Å². The molecule has 0 amide bonds. The van der Waals surface area contributed by atoms with E-state index in [1.165, 1.54) is 4.88 Å². The van der Waals surface area contributed by atoms with Crippen molar-refractivity contribution < 1.29 is 4.74 Å². The summed E-state index contributed by atoms with van der Waals surface area (Å²) >= 11 is 1.78. The molecule has 5 heteroatoms. The molecule has 0 spiro atoms. The average Bonchev–Trinajstić information content (AvgIpc) is 2.88. The van der Waals surface area contributed by atoms with Crippen molar-refractivity contribution in [1.82, 2.24) is 10.3 Å². The van der Waals surface area contributed by atoms with E-state index in [0.717, 1.165) is 31.1 Å². The van der Waals surface area contributed by atoms with E-state index in [-0.39, 0.29) is 11.5 Å². The van der Waals surface area contributed by atoms with Gasteiger partial charge in [-0.3, -0.25) is 0 Å². The first-order valence-corrected chi connectivity index (χ1v) is 6.93. The molecule has 1 aliphatic heterocycles. The Morgan fingerprint density at radius 3 is 3.12 bits per heavy atom. The molecule has 1 aliphatic rings. The molecule has 0 saturated carbocycles. The third kappa shape index (κ3) is 3.04. The summed E-state index contributed by atoms with van der Waals surface area (Å²) in [5, 5.41) is 4.59. The lowest BCUT2D eigenvalue weighted by Gasteiger charge is -2.26. The van der Waals surface area contributed by atoms with Crippen LogP contribution in [0.5, 0.6) is 0 Å². The molecule has 4 nitrogen and oxygen atoms in total. The van der Waals surface area contributed by atoms with Crippen molar-refractivity contribution in [1.29, 1.82) is 0 Å². The van der Waals surface area contributed by atoms with Gasteiger partial charge in [0.05, 0.1) is 13.2 Å². The second kappa shape index (κ2) is 5.44. The fourth-order valence-corrected chi connectivity index (χ4v) is 2.79. The van der Waals surface area contributed by atoms with Crippen LogP contribution in [-0.2, 0) is 17.7 Å². The van der Waals surface area contributed by atoms with Gasteiger partial charge in [-0.2, -0.15) is 0 Å². The van der Waals surface area contributed by atoms with Crippen molar-refractivity contribution in [2.75, 3.05) is 19.8 Å². The van der Waals surface area contributed by atoms with Crippen LogP contribution in [0.15, 0.2) is 6.20 Å². The van der Waals surface area contributed by atoms with Crippen LogP contribution < -0.4 is 11.1 Å². The quantitative estimate of drug-likeness (QED) is 0.829. The summed E-state index contributed by atoms with van der Waals surface area (Å²) in [6.45, 7) is 7.47. The molecule has 1 aromatic heterocycles. The molecule has 1 fully saturated rings. The highest BCUT2D eigenvalue weighted by Crippen LogP contribution is 2.26. The van der Waals surface area contributed by atoms with Crippen LogP contribution in [0, 0.1) is 5.41 Å². The van der Waals surface area contributed by atoms with E-state index in [4.69, 9.17) is 10.5 Å². The lowest BCUT2D eigenvalue weighted by atomic mass is 9.86. The molecule has 2 unspecified atom stereocenters. The van der Waals surface area contributed by atoms with E-state index < -0.39 is 0 Å². The standard InChI is InChI=1S/C12H21N3OS/c1-3-9-4-15-11(17-9)5-14-7-12(2)8-16-6-10(12)13/h4,10,14H,3,5-8,13H2,1-2H3. The van der Waals surface area contributed by atoms with Gasteiger partial charge in [0, 0.05) is 35.6 Å². The summed E-state index contributed by atoms with van der Waals surface area (Å²) in [5.74, 6) is 0. The Morgan fingerprint density at radius 2 is 2.53 bits per heavy atom. The minimum Gasteiger partial charge on any atom is -0.379 e. The first kappa shape index (κ1) is 13.0. The van der Waals surface area contributed by atoms with Crippen LogP contribution in [0.2, 0.25) is 0 Å². The first-order chi connectivity index (χ1) is 8.14. The van der Waals surface area contributed by atoms with E-state index in [0.29, 0.717) is 6.61 Å². The maximum Gasteiger partial charge on any atom is 0.107 e. The van der Waals surface area contributed by atoms with Crippen molar-refractivity contribution in [3.05, 3.63) is 16.1 Å². The zero-order valence-corrected chi connectivity index (χ0v) is 11.3. The van der Waals surface area contributed by atoms with Crippen molar-refractivity contribution in [2.24, 2.45) is 11.1 Å². The highest BCUT2D eigenvalue weighted by atomic mass is 32.1. The molecular weight excluding hydrogens is 234 g/mol. The summed E-state index contributed by atoms with van der Waals surface area (Å²) in [6.07, 6.45) is 3.03. The van der Waals surface area contributed by atoms with Gasteiger partial charge in [-0.15, -0.1) is 11.3 Å². The molecule has 96 valence electrons. The predicted octanol–water partition coefficient (Wildman–Crippen LogP) is 1.16. The molecule has 1 saturated heterocycles. The predicted molar refractivity (Wildman–Crippen MR) is 70.1 cm³/mol. The van der Waals surface area contributed by atoms with Gasteiger partial charge in [-0.25, -0.2) is 4.98 Å². The highest BCUT2D eigenvalue weighted by Gasteiger charge is 2.37. The van der Waals surface area contributed by atoms with Gasteiger partial charge < -0.3 is 15.8 Å². The van der Waals surface area contributed by atoms with Crippen molar-refractivity contribution >= 4 is 11.3 Å². The van der Waals surface area contributed by atoms with Gasteiger partial charge in [0.1, 0.15) is 5.01 Å². The lowest BCUT2D eigenvalue weighted by molar-refractivity contribution is 0.158. The minimum atomic E-state index is 0.0604. The minimum absolute atomic E-state index is 0.0604. The molecule has 0 radical (unpaired) electrons. The Bertz CT molecular complexity index is 368. The summed E-state index contributed by atoms with van der Waals surface area (Å²) < 4.78 is 5.42. The van der Waals surface area contributed by atoms with Gasteiger partial charge in [0.2, 0.25) is 0 Å². The van der Waals surface area contributed by atoms with E-state index in [1.807, 2.05) is 6.20 Å². The number of nitrogens with one attached hydrogen (secondary N) is 1. The van der Waals surface area contributed by atoms with Crippen molar-refractivity contribution in [3.63, 3.8) is 0 Å². The van der Waals surface area contributed by atoms with E-state index in [2.05, 4.69) is 24.1 Å². The highest BCUT2D eigenvalue weighted by molar-refractivity contribution is 7.11. The first-order valence-electron chi connectivity index (χ1n) is 6.11. The van der Waals surface area contributed by atoms with Crippen LogP contribution in [0.25, 0.3) is 0 Å². The second-order valence-corrected chi connectivity index (χ2v) is 6.15. The molecule has 1 aromatic rings. The summed E-state index contributed by atoms with van der Waals surface area (Å²) in [5.41, 5.74) is 6.10. The Hall–Kier alpha value is -0.490. The third-order valence-corrected chi connectivity index (χ3v) is 4.52. The Morgan fingerprint density at radius 1 is 1.71 bits per heavy atom. The topological polar surface area (TPSA) is 60.2 Å². The Labute approximate surface area is 107 Å².